The molecule has 1 saturated carbocycles. The van der Waals surface area contributed by atoms with E-state index in [0.29, 0.717) is 19.0 Å². The molecule has 0 bridgehead atoms. The van der Waals surface area contributed by atoms with Crippen LogP contribution in [-0.2, 0) is 9.59 Å². The summed E-state index contributed by atoms with van der Waals surface area (Å²) in [5, 5.41) is 8.90. The van der Waals surface area contributed by atoms with Gasteiger partial charge >= 0.3 is 0 Å². The SMILES string of the molecule is O=C(CCNC(=O)[C@H]1CCCCN1)NC1CC1. The average molecular weight is 239 g/mol. The third-order valence-corrected chi connectivity index (χ3v) is 3.22. The lowest BCUT2D eigenvalue weighted by Crippen LogP contribution is -2.47. The Morgan fingerprint density at radius 1 is 1.18 bits per heavy atom. The Hall–Kier alpha value is -1.10. The molecule has 1 aliphatic heterocycles. The van der Waals surface area contributed by atoms with Gasteiger partial charge in [0.05, 0.1) is 6.04 Å². The van der Waals surface area contributed by atoms with Crippen molar-refractivity contribution in [3.8, 4) is 0 Å². The van der Waals surface area contributed by atoms with Crippen LogP contribution in [0.25, 0.3) is 0 Å². The molecule has 2 rings (SSSR count). The number of rotatable bonds is 5. The molecule has 5 nitrogen and oxygen atoms in total. The first-order valence-corrected chi connectivity index (χ1v) is 6.56. The van der Waals surface area contributed by atoms with E-state index in [0.717, 1.165) is 38.6 Å². The maximum absolute atomic E-state index is 11.7. The molecule has 96 valence electrons. The van der Waals surface area contributed by atoms with E-state index in [9.17, 15) is 9.59 Å². The van der Waals surface area contributed by atoms with Crippen LogP contribution in [0.3, 0.4) is 0 Å². The van der Waals surface area contributed by atoms with Gasteiger partial charge in [-0.3, -0.25) is 9.59 Å². The van der Waals surface area contributed by atoms with Crippen LogP contribution in [0.5, 0.6) is 0 Å². The summed E-state index contributed by atoms with van der Waals surface area (Å²) in [5.41, 5.74) is 0. The molecule has 0 aromatic carbocycles. The minimum atomic E-state index is -0.0600. The number of nitrogens with one attached hydrogen (secondary N) is 3. The van der Waals surface area contributed by atoms with Gasteiger partial charge in [0.2, 0.25) is 11.8 Å². The van der Waals surface area contributed by atoms with Crippen LogP contribution < -0.4 is 16.0 Å². The zero-order chi connectivity index (χ0) is 12.1. The van der Waals surface area contributed by atoms with Gasteiger partial charge in [-0.25, -0.2) is 0 Å². The second-order valence-electron chi connectivity index (χ2n) is 4.89. The number of carbonyl (C=O) groups excluding carboxylic acids is 2. The Balaban J connectivity index is 1.56. The molecule has 1 heterocycles. The topological polar surface area (TPSA) is 70.2 Å². The van der Waals surface area contributed by atoms with Gasteiger partial charge in [0.15, 0.2) is 0 Å². The van der Waals surface area contributed by atoms with Gasteiger partial charge in [-0.2, -0.15) is 0 Å². The van der Waals surface area contributed by atoms with Gasteiger partial charge in [0, 0.05) is 19.0 Å². The van der Waals surface area contributed by atoms with Crippen molar-refractivity contribution in [3.05, 3.63) is 0 Å². The standard InChI is InChI=1S/C12H21N3O2/c16-11(15-9-4-5-9)6-8-14-12(17)10-3-1-2-7-13-10/h9-10,13H,1-8H2,(H,14,17)(H,15,16)/t10-/m1/s1. The molecule has 3 N–H and O–H groups in total. The summed E-state index contributed by atoms with van der Waals surface area (Å²) in [6.45, 7) is 1.36. The van der Waals surface area contributed by atoms with Crippen molar-refractivity contribution < 1.29 is 9.59 Å². The summed E-state index contributed by atoms with van der Waals surface area (Å²) in [6, 6.07) is 0.341. The Kier molecular flexibility index (Phi) is 4.36. The molecular formula is C12H21N3O2. The second kappa shape index (κ2) is 6.00. The maximum Gasteiger partial charge on any atom is 0.237 e. The third kappa shape index (κ3) is 4.34. The monoisotopic (exact) mass is 239 g/mol. The van der Waals surface area contributed by atoms with Crippen LogP contribution in [0.15, 0.2) is 0 Å². The first kappa shape index (κ1) is 12.4. The first-order chi connectivity index (χ1) is 8.25. The average Bonchev–Trinajstić information content (AvgIpc) is 3.14. The van der Waals surface area contributed by atoms with Gasteiger partial charge in [0.25, 0.3) is 0 Å². The molecule has 2 amide bonds. The largest absolute Gasteiger partial charge is 0.354 e. The van der Waals surface area contributed by atoms with E-state index in [1.165, 1.54) is 0 Å². The summed E-state index contributed by atoms with van der Waals surface area (Å²) in [4.78, 5) is 23.1. The van der Waals surface area contributed by atoms with Crippen molar-refractivity contribution in [2.75, 3.05) is 13.1 Å². The van der Waals surface area contributed by atoms with Crippen molar-refractivity contribution in [3.63, 3.8) is 0 Å². The summed E-state index contributed by atoms with van der Waals surface area (Å²) in [5.74, 6) is 0.0772. The molecule has 1 aliphatic carbocycles. The number of hydrogen-bond donors (Lipinski definition) is 3. The van der Waals surface area contributed by atoms with Crippen molar-refractivity contribution >= 4 is 11.8 Å². The third-order valence-electron chi connectivity index (χ3n) is 3.22. The molecule has 0 aromatic rings. The van der Waals surface area contributed by atoms with Crippen LogP contribution in [0.2, 0.25) is 0 Å². The van der Waals surface area contributed by atoms with Gasteiger partial charge < -0.3 is 16.0 Å². The molecule has 5 heteroatoms. The van der Waals surface area contributed by atoms with Crippen molar-refractivity contribution in [2.24, 2.45) is 0 Å². The molecular weight excluding hydrogens is 218 g/mol. The van der Waals surface area contributed by atoms with Gasteiger partial charge in [-0.1, -0.05) is 6.42 Å². The first-order valence-electron chi connectivity index (χ1n) is 6.56. The normalized spacial score (nSPS) is 24.1. The highest BCUT2D eigenvalue weighted by atomic mass is 16.2. The minimum Gasteiger partial charge on any atom is -0.354 e. The van der Waals surface area contributed by atoms with E-state index >= 15 is 0 Å². The van der Waals surface area contributed by atoms with Crippen molar-refractivity contribution in [2.45, 2.75) is 50.6 Å². The molecule has 2 fully saturated rings. The molecule has 0 unspecified atom stereocenters. The number of piperidine rings is 1. The fourth-order valence-electron chi connectivity index (χ4n) is 2.03. The van der Waals surface area contributed by atoms with Crippen LogP contribution in [0.1, 0.15) is 38.5 Å². The Morgan fingerprint density at radius 3 is 2.65 bits per heavy atom. The summed E-state index contributed by atoms with van der Waals surface area (Å²) in [7, 11) is 0. The Labute approximate surface area is 102 Å². The molecule has 0 aromatic heterocycles. The van der Waals surface area contributed by atoms with Crippen LogP contribution in [-0.4, -0.2) is 37.0 Å². The number of carbonyl (C=O) groups is 2. The highest BCUT2D eigenvalue weighted by Gasteiger charge is 2.23. The molecule has 0 spiro atoms. The van der Waals surface area contributed by atoms with E-state index in [1.54, 1.807) is 0 Å². The Bertz CT molecular complexity index is 283. The molecule has 2 aliphatic rings. The van der Waals surface area contributed by atoms with E-state index in [4.69, 9.17) is 0 Å². The van der Waals surface area contributed by atoms with E-state index in [1.807, 2.05) is 0 Å². The quantitative estimate of drug-likeness (QED) is 0.628. The summed E-state index contributed by atoms with van der Waals surface area (Å²) in [6.07, 6.45) is 5.74. The number of hydrogen-bond acceptors (Lipinski definition) is 3. The second-order valence-corrected chi connectivity index (χ2v) is 4.89. The van der Waals surface area contributed by atoms with E-state index < -0.39 is 0 Å². The Morgan fingerprint density at radius 2 is 2.00 bits per heavy atom. The van der Waals surface area contributed by atoms with Crippen LogP contribution in [0, 0.1) is 0 Å². The van der Waals surface area contributed by atoms with Crippen molar-refractivity contribution in [1.82, 2.24) is 16.0 Å². The molecule has 1 atom stereocenters. The molecule has 17 heavy (non-hydrogen) atoms. The molecule has 1 saturated heterocycles. The lowest BCUT2D eigenvalue weighted by atomic mass is 10.0. The maximum atomic E-state index is 11.7. The minimum absolute atomic E-state index is 0.0314. The highest BCUT2D eigenvalue weighted by Crippen LogP contribution is 2.18. The van der Waals surface area contributed by atoms with Crippen LogP contribution in [0.4, 0.5) is 0 Å². The summed E-state index contributed by atoms with van der Waals surface area (Å²) < 4.78 is 0. The zero-order valence-electron chi connectivity index (χ0n) is 10.1. The van der Waals surface area contributed by atoms with Gasteiger partial charge in [0.1, 0.15) is 0 Å². The van der Waals surface area contributed by atoms with E-state index in [2.05, 4.69) is 16.0 Å². The highest BCUT2D eigenvalue weighted by molar-refractivity contribution is 5.83. The summed E-state index contributed by atoms with van der Waals surface area (Å²) >= 11 is 0. The fourth-order valence-corrected chi connectivity index (χ4v) is 2.03. The van der Waals surface area contributed by atoms with Crippen molar-refractivity contribution in [1.29, 1.82) is 0 Å². The number of amides is 2. The predicted molar refractivity (Wildman–Crippen MR) is 64.4 cm³/mol. The molecule has 0 radical (unpaired) electrons. The van der Waals surface area contributed by atoms with Gasteiger partial charge in [-0.15, -0.1) is 0 Å². The van der Waals surface area contributed by atoms with Gasteiger partial charge in [-0.05, 0) is 32.2 Å². The van der Waals surface area contributed by atoms with E-state index in [-0.39, 0.29) is 17.9 Å². The predicted octanol–water partition coefficient (Wildman–Crippen LogP) is -0.0866. The lowest BCUT2D eigenvalue weighted by molar-refractivity contribution is -0.124. The van der Waals surface area contributed by atoms with Crippen LogP contribution >= 0.6 is 0 Å². The zero-order valence-corrected chi connectivity index (χ0v) is 10.1. The smallest absolute Gasteiger partial charge is 0.237 e. The fraction of sp³-hybridized carbons (Fsp3) is 0.833. The lowest BCUT2D eigenvalue weighted by Gasteiger charge is -2.22.